The van der Waals surface area contributed by atoms with Crippen molar-refractivity contribution in [2.24, 2.45) is 0 Å². The van der Waals surface area contributed by atoms with E-state index in [1.54, 1.807) is 0 Å². The third-order valence-corrected chi connectivity index (χ3v) is 3.52. The van der Waals surface area contributed by atoms with Gasteiger partial charge in [-0.25, -0.2) is 4.79 Å². The van der Waals surface area contributed by atoms with Gasteiger partial charge in [-0.15, -0.1) is 0 Å². The zero-order chi connectivity index (χ0) is 15.3. The molecule has 0 aliphatic carbocycles. The third kappa shape index (κ3) is 9.24. The van der Waals surface area contributed by atoms with Crippen molar-refractivity contribution in [3.05, 3.63) is 36.5 Å². The molecule has 1 rings (SSSR count). The van der Waals surface area contributed by atoms with Crippen LogP contribution in [0.2, 0.25) is 0 Å². The van der Waals surface area contributed by atoms with E-state index in [0.717, 1.165) is 38.5 Å². The second kappa shape index (κ2) is 11.3. The molecule has 0 radical (unpaired) electrons. The molecule has 1 aliphatic rings. The standard InChI is InChI=1S/C18H28O3/c1-2-3-4-5-6-7-8-9-10-11-12-13-14-15-16-17(21-16)18(19)20/h5-10,16-17H,2-4,11-15H2,1H3,(H,19,20). The number of allylic oxidation sites excluding steroid dienone is 6. The molecule has 3 heteroatoms. The molecule has 2 atom stereocenters. The number of aliphatic carboxylic acids is 1. The first kappa shape index (κ1) is 17.7. The number of epoxide rings is 1. The van der Waals surface area contributed by atoms with Crippen LogP contribution in [0.5, 0.6) is 0 Å². The molecule has 1 N–H and O–H groups in total. The molecule has 21 heavy (non-hydrogen) atoms. The van der Waals surface area contributed by atoms with Crippen LogP contribution in [0.4, 0.5) is 0 Å². The van der Waals surface area contributed by atoms with Crippen molar-refractivity contribution in [2.45, 2.75) is 70.5 Å². The molecule has 0 spiro atoms. The van der Waals surface area contributed by atoms with Gasteiger partial charge in [0.25, 0.3) is 0 Å². The summed E-state index contributed by atoms with van der Waals surface area (Å²) in [7, 11) is 0. The highest BCUT2D eigenvalue weighted by Gasteiger charge is 2.44. The fourth-order valence-electron chi connectivity index (χ4n) is 2.16. The summed E-state index contributed by atoms with van der Waals surface area (Å²) in [5.74, 6) is -0.821. The van der Waals surface area contributed by atoms with Crippen molar-refractivity contribution < 1.29 is 14.6 Å². The van der Waals surface area contributed by atoms with Gasteiger partial charge < -0.3 is 9.84 Å². The Bertz CT molecular complexity index is 369. The number of carbonyl (C=O) groups is 1. The lowest BCUT2D eigenvalue weighted by atomic mass is 10.1. The zero-order valence-corrected chi connectivity index (χ0v) is 13.0. The summed E-state index contributed by atoms with van der Waals surface area (Å²) in [6.07, 6.45) is 21.2. The number of carboxylic acid groups (broad SMARTS) is 1. The Morgan fingerprint density at radius 3 is 2.24 bits per heavy atom. The van der Waals surface area contributed by atoms with Gasteiger partial charge in [-0.05, 0) is 25.7 Å². The minimum absolute atomic E-state index is 0.0273. The molecule has 1 fully saturated rings. The van der Waals surface area contributed by atoms with Crippen molar-refractivity contribution in [2.75, 3.05) is 0 Å². The van der Waals surface area contributed by atoms with Crippen LogP contribution < -0.4 is 0 Å². The molecule has 2 unspecified atom stereocenters. The number of rotatable bonds is 12. The molecular weight excluding hydrogens is 264 g/mol. The van der Waals surface area contributed by atoms with Crippen LogP contribution in [0.25, 0.3) is 0 Å². The quantitative estimate of drug-likeness (QED) is 0.323. The Morgan fingerprint density at radius 1 is 1.00 bits per heavy atom. The molecule has 0 aromatic heterocycles. The van der Waals surface area contributed by atoms with E-state index >= 15 is 0 Å². The molecule has 0 saturated carbocycles. The lowest BCUT2D eigenvalue weighted by molar-refractivity contribution is -0.138. The van der Waals surface area contributed by atoms with Gasteiger partial charge in [-0.1, -0.05) is 69.1 Å². The smallest absolute Gasteiger partial charge is 0.335 e. The van der Waals surface area contributed by atoms with E-state index in [9.17, 15) is 4.79 Å². The second-order valence-corrected chi connectivity index (χ2v) is 5.45. The molecule has 3 nitrogen and oxygen atoms in total. The zero-order valence-electron chi connectivity index (χ0n) is 13.0. The van der Waals surface area contributed by atoms with Crippen LogP contribution in [0.3, 0.4) is 0 Å². The van der Waals surface area contributed by atoms with Crippen molar-refractivity contribution >= 4 is 5.97 Å². The number of hydrogen-bond acceptors (Lipinski definition) is 2. The largest absolute Gasteiger partial charge is 0.479 e. The van der Waals surface area contributed by atoms with Crippen molar-refractivity contribution in [3.8, 4) is 0 Å². The average Bonchev–Trinajstić information content (AvgIpc) is 3.24. The summed E-state index contributed by atoms with van der Waals surface area (Å²) in [4.78, 5) is 10.6. The Kier molecular flexibility index (Phi) is 9.55. The molecule has 0 amide bonds. The highest BCUT2D eigenvalue weighted by atomic mass is 16.6. The Balaban J connectivity index is 1.88. The Morgan fingerprint density at radius 2 is 1.67 bits per heavy atom. The summed E-state index contributed by atoms with van der Waals surface area (Å²) in [5.41, 5.74) is 0. The van der Waals surface area contributed by atoms with Gasteiger partial charge in [0.05, 0.1) is 6.10 Å². The number of hydrogen-bond donors (Lipinski definition) is 1. The summed E-state index contributed by atoms with van der Waals surface area (Å²) in [6, 6.07) is 0. The topological polar surface area (TPSA) is 49.8 Å². The van der Waals surface area contributed by atoms with E-state index in [2.05, 4.69) is 43.4 Å². The molecule has 118 valence electrons. The van der Waals surface area contributed by atoms with Gasteiger partial charge in [0.1, 0.15) is 0 Å². The van der Waals surface area contributed by atoms with E-state index < -0.39 is 12.1 Å². The highest BCUT2D eigenvalue weighted by molar-refractivity contribution is 5.75. The molecule has 0 aromatic carbocycles. The lowest BCUT2D eigenvalue weighted by Gasteiger charge is -1.95. The predicted molar refractivity (Wildman–Crippen MR) is 86.3 cm³/mol. The number of unbranched alkanes of at least 4 members (excludes halogenated alkanes) is 5. The van der Waals surface area contributed by atoms with E-state index in [4.69, 9.17) is 9.84 Å². The minimum Gasteiger partial charge on any atom is -0.479 e. The van der Waals surface area contributed by atoms with Crippen LogP contribution >= 0.6 is 0 Å². The number of carboxylic acids is 1. The summed E-state index contributed by atoms with van der Waals surface area (Å²) in [5, 5.41) is 8.68. The van der Waals surface area contributed by atoms with Gasteiger partial charge >= 0.3 is 5.97 Å². The van der Waals surface area contributed by atoms with Crippen LogP contribution in [0.1, 0.15) is 58.3 Å². The monoisotopic (exact) mass is 292 g/mol. The predicted octanol–water partition coefficient (Wildman–Crippen LogP) is 4.65. The molecular formula is C18H28O3. The molecule has 0 bridgehead atoms. The Labute approximate surface area is 128 Å². The summed E-state index contributed by atoms with van der Waals surface area (Å²) < 4.78 is 5.06. The molecule has 1 saturated heterocycles. The maximum atomic E-state index is 10.6. The van der Waals surface area contributed by atoms with E-state index in [1.165, 1.54) is 12.8 Å². The number of ether oxygens (including phenoxy) is 1. The second-order valence-electron chi connectivity index (χ2n) is 5.45. The first-order valence-electron chi connectivity index (χ1n) is 8.12. The molecule has 1 heterocycles. The minimum atomic E-state index is -0.821. The van der Waals surface area contributed by atoms with Gasteiger partial charge in [0, 0.05) is 0 Å². The van der Waals surface area contributed by atoms with Gasteiger partial charge in [0.15, 0.2) is 6.10 Å². The van der Waals surface area contributed by atoms with Crippen molar-refractivity contribution in [3.63, 3.8) is 0 Å². The van der Waals surface area contributed by atoms with E-state index in [0.29, 0.717) is 0 Å². The Hall–Kier alpha value is -1.35. The van der Waals surface area contributed by atoms with Gasteiger partial charge in [-0.2, -0.15) is 0 Å². The first-order chi connectivity index (χ1) is 10.3. The van der Waals surface area contributed by atoms with E-state index in [1.807, 2.05) is 0 Å². The SMILES string of the molecule is CCCCC=CC=CC=CCCCCCC1OC1C(=O)O. The van der Waals surface area contributed by atoms with Crippen LogP contribution in [0.15, 0.2) is 36.5 Å². The highest BCUT2D eigenvalue weighted by Crippen LogP contribution is 2.27. The van der Waals surface area contributed by atoms with Crippen molar-refractivity contribution in [1.29, 1.82) is 0 Å². The maximum Gasteiger partial charge on any atom is 0.335 e. The lowest BCUT2D eigenvalue weighted by Crippen LogP contribution is -2.07. The van der Waals surface area contributed by atoms with Crippen LogP contribution in [0, 0.1) is 0 Å². The average molecular weight is 292 g/mol. The van der Waals surface area contributed by atoms with Crippen LogP contribution in [-0.4, -0.2) is 23.3 Å². The maximum absolute atomic E-state index is 10.6. The molecule has 1 aliphatic heterocycles. The van der Waals surface area contributed by atoms with Gasteiger partial charge in [-0.3, -0.25) is 0 Å². The fourth-order valence-corrected chi connectivity index (χ4v) is 2.16. The summed E-state index contributed by atoms with van der Waals surface area (Å²) >= 11 is 0. The third-order valence-electron chi connectivity index (χ3n) is 3.52. The molecule has 0 aromatic rings. The van der Waals surface area contributed by atoms with Crippen molar-refractivity contribution in [1.82, 2.24) is 0 Å². The van der Waals surface area contributed by atoms with E-state index in [-0.39, 0.29) is 6.10 Å². The summed E-state index contributed by atoms with van der Waals surface area (Å²) in [6.45, 7) is 2.20. The van der Waals surface area contributed by atoms with Crippen LogP contribution in [-0.2, 0) is 9.53 Å². The normalized spacial score (nSPS) is 21.8. The first-order valence-corrected chi connectivity index (χ1v) is 8.12. The van der Waals surface area contributed by atoms with Gasteiger partial charge in [0.2, 0.25) is 0 Å². The fraction of sp³-hybridized carbons (Fsp3) is 0.611.